The van der Waals surface area contributed by atoms with Crippen LogP contribution in [0.3, 0.4) is 0 Å². The maximum absolute atomic E-state index is 11.9. The van der Waals surface area contributed by atoms with E-state index in [0.29, 0.717) is 19.4 Å². The summed E-state index contributed by atoms with van der Waals surface area (Å²) in [5.41, 5.74) is 0. The molecule has 3 unspecified atom stereocenters. The Balaban J connectivity index is 1.69. The average Bonchev–Trinajstić information content (AvgIpc) is 2.94. The highest BCUT2D eigenvalue weighted by Crippen LogP contribution is 2.20. The molecular weight excluding hydrogens is 236 g/mol. The van der Waals surface area contributed by atoms with Crippen LogP contribution in [0.1, 0.15) is 19.3 Å². The van der Waals surface area contributed by atoms with E-state index in [1.165, 1.54) is 0 Å². The summed E-state index contributed by atoms with van der Waals surface area (Å²) in [6.07, 6.45) is 1.26. The topological polar surface area (TPSA) is 78.9 Å². The van der Waals surface area contributed by atoms with Crippen LogP contribution in [-0.2, 0) is 14.3 Å². The number of carboxylic acid groups (broad SMARTS) is 1. The number of ether oxygens (including phenoxy) is 1. The van der Waals surface area contributed by atoms with Gasteiger partial charge in [0.05, 0.1) is 12.0 Å². The van der Waals surface area contributed by atoms with Crippen molar-refractivity contribution in [3.63, 3.8) is 0 Å². The van der Waals surface area contributed by atoms with Gasteiger partial charge in [0.1, 0.15) is 0 Å². The van der Waals surface area contributed by atoms with Crippen LogP contribution in [0.5, 0.6) is 0 Å². The lowest BCUT2D eigenvalue weighted by molar-refractivity contribution is -0.149. The molecule has 2 fully saturated rings. The summed E-state index contributed by atoms with van der Waals surface area (Å²) in [7, 11) is 2.00. The highest BCUT2D eigenvalue weighted by molar-refractivity contribution is 5.79. The summed E-state index contributed by atoms with van der Waals surface area (Å²) in [6.45, 7) is 2.18. The monoisotopic (exact) mass is 256 g/mol. The van der Waals surface area contributed by atoms with Gasteiger partial charge in [-0.1, -0.05) is 0 Å². The maximum Gasteiger partial charge on any atom is 0.332 e. The quantitative estimate of drug-likeness (QED) is 0.721. The predicted octanol–water partition coefficient (Wildman–Crippen LogP) is -0.313. The first kappa shape index (κ1) is 13.3. The largest absolute Gasteiger partial charge is 0.479 e. The van der Waals surface area contributed by atoms with Gasteiger partial charge in [0.15, 0.2) is 6.10 Å². The van der Waals surface area contributed by atoms with Crippen LogP contribution in [0, 0.1) is 5.92 Å². The number of carbonyl (C=O) groups is 2. The molecule has 0 aromatic rings. The van der Waals surface area contributed by atoms with E-state index in [9.17, 15) is 9.59 Å². The Kier molecular flexibility index (Phi) is 4.19. The lowest BCUT2D eigenvalue weighted by atomic mass is 10.1. The highest BCUT2D eigenvalue weighted by atomic mass is 16.5. The molecule has 2 rings (SSSR count). The smallest absolute Gasteiger partial charge is 0.332 e. The fourth-order valence-electron chi connectivity index (χ4n) is 2.55. The van der Waals surface area contributed by atoms with Crippen molar-refractivity contribution >= 4 is 11.9 Å². The second-order valence-corrected chi connectivity index (χ2v) is 5.16. The van der Waals surface area contributed by atoms with Crippen LogP contribution in [0.4, 0.5) is 0 Å². The molecule has 18 heavy (non-hydrogen) atoms. The van der Waals surface area contributed by atoms with Crippen molar-refractivity contribution in [2.75, 3.05) is 26.7 Å². The fourth-order valence-corrected chi connectivity index (χ4v) is 2.55. The van der Waals surface area contributed by atoms with Gasteiger partial charge in [0.25, 0.3) is 0 Å². The van der Waals surface area contributed by atoms with Crippen molar-refractivity contribution < 1.29 is 19.4 Å². The summed E-state index contributed by atoms with van der Waals surface area (Å²) in [6, 6.07) is 0. The van der Waals surface area contributed by atoms with E-state index < -0.39 is 12.1 Å². The van der Waals surface area contributed by atoms with Crippen LogP contribution in [-0.4, -0.2) is 60.8 Å². The third-order valence-electron chi connectivity index (χ3n) is 3.65. The number of carbonyl (C=O) groups excluding carboxylic acids is 1. The Bertz CT molecular complexity index is 334. The Hall–Kier alpha value is -1.14. The number of aliphatic carboxylic acids is 1. The van der Waals surface area contributed by atoms with E-state index in [0.717, 1.165) is 19.5 Å². The fraction of sp³-hybridized carbons (Fsp3) is 0.833. The van der Waals surface area contributed by atoms with E-state index >= 15 is 0 Å². The molecule has 2 saturated heterocycles. The summed E-state index contributed by atoms with van der Waals surface area (Å²) >= 11 is 0. The van der Waals surface area contributed by atoms with E-state index in [-0.39, 0.29) is 17.9 Å². The molecule has 0 radical (unpaired) electrons. The minimum atomic E-state index is -0.916. The number of hydrogen-bond acceptors (Lipinski definition) is 4. The van der Waals surface area contributed by atoms with Crippen LogP contribution in [0.2, 0.25) is 0 Å². The normalized spacial score (nSPS) is 32.6. The van der Waals surface area contributed by atoms with Crippen molar-refractivity contribution in [1.82, 2.24) is 10.2 Å². The second-order valence-electron chi connectivity index (χ2n) is 5.16. The molecule has 3 atom stereocenters. The molecule has 6 nitrogen and oxygen atoms in total. The molecule has 102 valence electrons. The minimum absolute atomic E-state index is 0.0572. The Morgan fingerprint density at radius 2 is 2.17 bits per heavy atom. The van der Waals surface area contributed by atoms with Crippen molar-refractivity contribution in [3.05, 3.63) is 0 Å². The lowest BCUT2D eigenvalue weighted by Crippen LogP contribution is -2.37. The Morgan fingerprint density at radius 3 is 2.72 bits per heavy atom. The zero-order valence-corrected chi connectivity index (χ0v) is 10.6. The number of rotatable bonds is 4. The number of carboxylic acids is 1. The number of amides is 1. The van der Waals surface area contributed by atoms with Gasteiger partial charge in [0, 0.05) is 13.1 Å². The van der Waals surface area contributed by atoms with Gasteiger partial charge in [-0.2, -0.15) is 0 Å². The van der Waals surface area contributed by atoms with Gasteiger partial charge in [-0.05, 0) is 32.9 Å². The lowest BCUT2D eigenvalue weighted by Gasteiger charge is -2.15. The molecule has 2 aliphatic heterocycles. The second kappa shape index (κ2) is 5.67. The third-order valence-corrected chi connectivity index (χ3v) is 3.65. The third kappa shape index (κ3) is 3.20. The van der Waals surface area contributed by atoms with Crippen molar-refractivity contribution in [2.45, 2.75) is 31.5 Å². The van der Waals surface area contributed by atoms with Crippen LogP contribution in [0.15, 0.2) is 0 Å². The zero-order chi connectivity index (χ0) is 13.1. The van der Waals surface area contributed by atoms with Crippen LogP contribution >= 0.6 is 0 Å². The first-order chi connectivity index (χ1) is 8.56. The van der Waals surface area contributed by atoms with Gasteiger partial charge < -0.3 is 20.1 Å². The Labute approximate surface area is 106 Å². The molecule has 0 aliphatic carbocycles. The van der Waals surface area contributed by atoms with E-state index in [1.807, 2.05) is 7.05 Å². The minimum Gasteiger partial charge on any atom is -0.479 e. The summed E-state index contributed by atoms with van der Waals surface area (Å²) in [4.78, 5) is 24.7. The summed E-state index contributed by atoms with van der Waals surface area (Å²) in [5, 5.41) is 11.7. The molecule has 0 bridgehead atoms. The average molecular weight is 256 g/mol. The van der Waals surface area contributed by atoms with Crippen LogP contribution in [0.25, 0.3) is 0 Å². The highest BCUT2D eigenvalue weighted by Gasteiger charge is 2.31. The first-order valence-electron chi connectivity index (χ1n) is 6.41. The molecular formula is C12H20N2O4. The van der Waals surface area contributed by atoms with Crippen molar-refractivity contribution in [3.8, 4) is 0 Å². The summed E-state index contributed by atoms with van der Waals surface area (Å²) in [5.74, 6) is -0.797. The number of nitrogens with one attached hydrogen (secondary N) is 1. The molecule has 0 saturated carbocycles. The molecule has 2 N–H and O–H groups in total. The van der Waals surface area contributed by atoms with Gasteiger partial charge in [-0.15, -0.1) is 0 Å². The van der Waals surface area contributed by atoms with Gasteiger partial charge >= 0.3 is 5.97 Å². The number of nitrogens with zero attached hydrogens (tertiary/aromatic N) is 1. The number of hydrogen-bond donors (Lipinski definition) is 2. The first-order valence-corrected chi connectivity index (χ1v) is 6.41. The molecule has 6 heteroatoms. The molecule has 0 aromatic heterocycles. The standard InChI is InChI=1S/C12H20N2O4/c1-14-5-4-8(7-14)11(15)13-6-9-2-3-10(18-9)12(16)17/h8-10H,2-7H2,1H3,(H,13,15)(H,16,17). The van der Waals surface area contributed by atoms with E-state index in [1.54, 1.807) is 0 Å². The van der Waals surface area contributed by atoms with Gasteiger partial charge in [-0.3, -0.25) is 4.79 Å². The van der Waals surface area contributed by atoms with Gasteiger partial charge in [-0.25, -0.2) is 4.79 Å². The van der Waals surface area contributed by atoms with Crippen molar-refractivity contribution in [2.24, 2.45) is 5.92 Å². The van der Waals surface area contributed by atoms with E-state index in [2.05, 4.69) is 10.2 Å². The van der Waals surface area contributed by atoms with Crippen LogP contribution < -0.4 is 5.32 Å². The summed E-state index contributed by atoms with van der Waals surface area (Å²) < 4.78 is 5.33. The zero-order valence-electron chi connectivity index (χ0n) is 10.6. The number of likely N-dealkylation sites (tertiary alicyclic amines) is 1. The van der Waals surface area contributed by atoms with Gasteiger partial charge in [0.2, 0.25) is 5.91 Å². The predicted molar refractivity (Wildman–Crippen MR) is 64.1 cm³/mol. The molecule has 0 aromatic carbocycles. The Morgan fingerprint density at radius 1 is 1.39 bits per heavy atom. The SMILES string of the molecule is CN1CCC(C(=O)NCC2CCC(C(=O)O)O2)C1. The van der Waals surface area contributed by atoms with Crippen molar-refractivity contribution in [1.29, 1.82) is 0 Å². The molecule has 2 aliphatic rings. The molecule has 0 spiro atoms. The maximum atomic E-state index is 11.9. The molecule has 1 amide bonds. The molecule has 2 heterocycles. The van der Waals surface area contributed by atoms with E-state index in [4.69, 9.17) is 9.84 Å².